The summed E-state index contributed by atoms with van der Waals surface area (Å²) in [5, 5.41) is 19.5. The molecule has 0 atom stereocenters. The minimum Gasteiger partial charge on any atom is -0.390 e. The summed E-state index contributed by atoms with van der Waals surface area (Å²) in [5.41, 5.74) is -2.23. The lowest BCUT2D eigenvalue weighted by Crippen LogP contribution is -2.53. The zero-order chi connectivity index (χ0) is 11.3. The van der Waals surface area contributed by atoms with Gasteiger partial charge in [0.15, 0.2) is 0 Å². The van der Waals surface area contributed by atoms with Gasteiger partial charge in [-0.15, -0.1) is 0 Å². The molecule has 1 aliphatic rings. The predicted molar refractivity (Wildman–Crippen MR) is 55.6 cm³/mol. The molecule has 1 aromatic rings. The first-order valence-electron chi connectivity index (χ1n) is 4.59. The molecule has 1 aromatic heterocycles. The molecular weight excluding hydrogens is 265 g/mol. The SMILES string of the molecule is CC1(O)CC(O)(c2ncc(Br)cc2F)C1. The molecule has 0 unspecified atom stereocenters. The first-order valence-corrected chi connectivity index (χ1v) is 5.38. The van der Waals surface area contributed by atoms with E-state index in [4.69, 9.17) is 0 Å². The Bertz CT molecular complexity index is 400. The third-order valence-electron chi connectivity index (χ3n) is 2.60. The van der Waals surface area contributed by atoms with E-state index in [9.17, 15) is 14.6 Å². The fourth-order valence-electron chi connectivity index (χ4n) is 2.13. The van der Waals surface area contributed by atoms with E-state index in [1.807, 2.05) is 0 Å². The van der Waals surface area contributed by atoms with Crippen LogP contribution in [0.4, 0.5) is 4.39 Å². The van der Waals surface area contributed by atoms with E-state index in [1.165, 1.54) is 12.3 Å². The number of rotatable bonds is 1. The van der Waals surface area contributed by atoms with Crippen molar-refractivity contribution in [3.05, 3.63) is 28.2 Å². The lowest BCUT2D eigenvalue weighted by atomic mass is 9.66. The van der Waals surface area contributed by atoms with Gasteiger partial charge in [0, 0.05) is 23.5 Å². The van der Waals surface area contributed by atoms with E-state index in [0.717, 1.165) is 0 Å². The summed E-state index contributed by atoms with van der Waals surface area (Å²) >= 11 is 3.09. The number of halogens is 2. The van der Waals surface area contributed by atoms with Crippen LogP contribution in [0.1, 0.15) is 25.5 Å². The molecule has 0 bridgehead atoms. The number of hydrogen-bond donors (Lipinski definition) is 2. The first-order chi connectivity index (χ1) is 6.82. The molecule has 0 radical (unpaired) electrons. The second kappa shape index (κ2) is 3.23. The lowest BCUT2D eigenvalue weighted by Gasteiger charge is -2.47. The predicted octanol–water partition coefficient (Wildman–Crippen LogP) is 1.72. The average molecular weight is 276 g/mol. The summed E-state index contributed by atoms with van der Waals surface area (Å²) in [7, 11) is 0. The Morgan fingerprint density at radius 3 is 2.53 bits per heavy atom. The maximum atomic E-state index is 13.5. The van der Waals surface area contributed by atoms with Gasteiger partial charge < -0.3 is 10.2 Å². The second-order valence-electron chi connectivity index (χ2n) is 4.37. The molecule has 15 heavy (non-hydrogen) atoms. The molecule has 0 amide bonds. The van der Waals surface area contributed by atoms with Crippen molar-refractivity contribution in [1.82, 2.24) is 4.98 Å². The molecule has 1 fully saturated rings. The fraction of sp³-hybridized carbons (Fsp3) is 0.500. The topological polar surface area (TPSA) is 53.4 Å². The summed E-state index contributed by atoms with van der Waals surface area (Å²) in [5.74, 6) is -0.553. The molecule has 0 saturated heterocycles. The van der Waals surface area contributed by atoms with Crippen molar-refractivity contribution >= 4 is 15.9 Å². The van der Waals surface area contributed by atoms with Gasteiger partial charge in [-0.25, -0.2) is 4.39 Å². The highest BCUT2D eigenvalue weighted by molar-refractivity contribution is 9.10. The standard InChI is InChI=1S/C10H11BrFNO2/c1-9(14)4-10(15,5-9)8-7(12)2-6(11)3-13-8/h2-3,14-15H,4-5H2,1H3. The summed E-state index contributed by atoms with van der Waals surface area (Å²) in [6.07, 6.45) is 1.67. The lowest BCUT2D eigenvalue weighted by molar-refractivity contribution is -0.179. The van der Waals surface area contributed by atoms with E-state index in [-0.39, 0.29) is 18.5 Å². The van der Waals surface area contributed by atoms with Crippen LogP contribution in [0.2, 0.25) is 0 Å². The molecule has 82 valence electrons. The molecule has 1 heterocycles. The maximum Gasteiger partial charge on any atom is 0.148 e. The van der Waals surface area contributed by atoms with E-state index in [1.54, 1.807) is 6.92 Å². The summed E-state index contributed by atoms with van der Waals surface area (Å²) in [6.45, 7) is 1.61. The van der Waals surface area contributed by atoms with E-state index in [2.05, 4.69) is 20.9 Å². The quantitative estimate of drug-likeness (QED) is 0.821. The Morgan fingerprint density at radius 2 is 2.07 bits per heavy atom. The Labute approximate surface area is 95.1 Å². The largest absolute Gasteiger partial charge is 0.390 e. The van der Waals surface area contributed by atoms with Crippen LogP contribution in [0, 0.1) is 5.82 Å². The Kier molecular flexibility index (Phi) is 2.37. The Balaban J connectivity index is 2.32. The Morgan fingerprint density at radius 1 is 1.47 bits per heavy atom. The zero-order valence-corrected chi connectivity index (χ0v) is 9.75. The third kappa shape index (κ3) is 1.91. The van der Waals surface area contributed by atoms with Crippen molar-refractivity contribution in [3.8, 4) is 0 Å². The van der Waals surface area contributed by atoms with Crippen LogP contribution in [0.3, 0.4) is 0 Å². The summed E-state index contributed by atoms with van der Waals surface area (Å²) in [4.78, 5) is 3.85. The minimum atomic E-state index is -1.33. The van der Waals surface area contributed by atoms with Crippen LogP contribution in [0.5, 0.6) is 0 Å². The number of pyridine rings is 1. The highest BCUT2D eigenvalue weighted by Crippen LogP contribution is 2.48. The molecule has 1 aliphatic carbocycles. The molecule has 0 aromatic carbocycles. The van der Waals surface area contributed by atoms with Crippen molar-refractivity contribution in [2.75, 3.05) is 0 Å². The highest BCUT2D eigenvalue weighted by Gasteiger charge is 2.53. The van der Waals surface area contributed by atoms with E-state index in [0.29, 0.717) is 4.47 Å². The second-order valence-corrected chi connectivity index (χ2v) is 5.28. The normalized spacial score (nSPS) is 35.0. The summed E-state index contributed by atoms with van der Waals surface area (Å²) < 4.78 is 14.0. The van der Waals surface area contributed by atoms with Crippen LogP contribution in [-0.2, 0) is 5.60 Å². The number of aliphatic hydroxyl groups is 2. The van der Waals surface area contributed by atoms with Crippen LogP contribution >= 0.6 is 15.9 Å². The van der Waals surface area contributed by atoms with Gasteiger partial charge in [0.2, 0.25) is 0 Å². The molecule has 0 aliphatic heterocycles. The van der Waals surface area contributed by atoms with Gasteiger partial charge in [0.05, 0.1) is 5.60 Å². The van der Waals surface area contributed by atoms with Gasteiger partial charge in [-0.05, 0) is 28.9 Å². The molecule has 2 N–H and O–H groups in total. The van der Waals surface area contributed by atoms with Crippen molar-refractivity contribution in [3.63, 3.8) is 0 Å². The van der Waals surface area contributed by atoms with Crippen molar-refractivity contribution in [2.45, 2.75) is 31.0 Å². The van der Waals surface area contributed by atoms with Crippen LogP contribution in [-0.4, -0.2) is 20.8 Å². The molecule has 3 nitrogen and oxygen atoms in total. The minimum absolute atomic E-state index is 0.0113. The molecule has 0 spiro atoms. The van der Waals surface area contributed by atoms with Gasteiger partial charge in [-0.3, -0.25) is 4.98 Å². The number of aromatic nitrogens is 1. The molecule has 1 saturated carbocycles. The number of hydrogen-bond acceptors (Lipinski definition) is 3. The van der Waals surface area contributed by atoms with Gasteiger partial charge in [-0.2, -0.15) is 0 Å². The molecular formula is C10H11BrFNO2. The van der Waals surface area contributed by atoms with Crippen molar-refractivity contribution < 1.29 is 14.6 Å². The monoisotopic (exact) mass is 275 g/mol. The van der Waals surface area contributed by atoms with E-state index >= 15 is 0 Å². The third-order valence-corrected chi connectivity index (χ3v) is 3.03. The zero-order valence-electron chi connectivity index (χ0n) is 8.17. The molecule has 2 rings (SSSR count). The Hall–Kier alpha value is -0.520. The number of nitrogens with zero attached hydrogens (tertiary/aromatic N) is 1. The summed E-state index contributed by atoms with van der Waals surface area (Å²) in [6, 6.07) is 1.26. The highest BCUT2D eigenvalue weighted by atomic mass is 79.9. The van der Waals surface area contributed by atoms with E-state index < -0.39 is 17.0 Å². The van der Waals surface area contributed by atoms with Crippen LogP contribution in [0.15, 0.2) is 16.7 Å². The van der Waals surface area contributed by atoms with Crippen LogP contribution in [0.25, 0.3) is 0 Å². The first kappa shape index (κ1) is 11.0. The van der Waals surface area contributed by atoms with Crippen molar-refractivity contribution in [1.29, 1.82) is 0 Å². The van der Waals surface area contributed by atoms with Crippen molar-refractivity contribution in [2.24, 2.45) is 0 Å². The fourth-order valence-corrected chi connectivity index (χ4v) is 2.44. The maximum absolute atomic E-state index is 13.5. The van der Waals surface area contributed by atoms with Gasteiger partial charge >= 0.3 is 0 Å². The van der Waals surface area contributed by atoms with Gasteiger partial charge in [-0.1, -0.05) is 0 Å². The van der Waals surface area contributed by atoms with Gasteiger partial charge in [0.25, 0.3) is 0 Å². The van der Waals surface area contributed by atoms with Gasteiger partial charge in [0.1, 0.15) is 17.1 Å². The average Bonchev–Trinajstić information content (AvgIpc) is 1.98. The van der Waals surface area contributed by atoms with Crippen LogP contribution < -0.4 is 0 Å². The molecule has 5 heteroatoms. The smallest absolute Gasteiger partial charge is 0.148 e.